The molecular formula is C17H22N4. The van der Waals surface area contributed by atoms with E-state index in [0.29, 0.717) is 0 Å². The normalized spacial score (nSPS) is 20.1. The van der Waals surface area contributed by atoms with Gasteiger partial charge in [-0.2, -0.15) is 0 Å². The summed E-state index contributed by atoms with van der Waals surface area (Å²) in [5, 5.41) is 0. The number of hydrogen-bond donors (Lipinski definition) is 1. The Kier molecular flexibility index (Phi) is 3.49. The number of nitrogens with zero attached hydrogens (tertiary/aromatic N) is 3. The molecule has 0 saturated carbocycles. The number of aromatic nitrogens is 3. The second-order valence-corrected chi connectivity index (χ2v) is 6.61. The Morgan fingerprint density at radius 2 is 2.14 bits per heavy atom. The number of fused-ring (bicyclic) bond motifs is 1. The zero-order chi connectivity index (χ0) is 15.0. The Hall–Kier alpha value is -1.81. The lowest BCUT2D eigenvalue weighted by Gasteiger charge is -2.34. The summed E-state index contributed by atoms with van der Waals surface area (Å²) in [4.78, 5) is 13.8. The second-order valence-electron chi connectivity index (χ2n) is 6.61. The summed E-state index contributed by atoms with van der Waals surface area (Å²) in [6.45, 7) is 6.61. The van der Waals surface area contributed by atoms with E-state index in [9.17, 15) is 0 Å². The van der Waals surface area contributed by atoms with Gasteiger partial charge in [0.05, 0.1) is 0 Å². The minimum Gasteiger partial charge on any atom is -0.324 e. The van der Waals surface area contributed by atoms with Crippen LogP contribution in [0.15, 0.2) is 24.5 Å². The molecule has 0 radical (unpaired) electrons. The molecule has 1 aliphatic carbocycles. The highest BCUT2D eigenvalue weighted by atomic mass is 14.9. The first-order valence-electron chi connectivity index (χ1n) is 7.56. The molecule has 3 rings (SSSR count). The van der Waals surface area contributed by atoms with E-state index in [1.165, 1.54) is 5.56 Å². The second kappa shape index (κ2) is 5.19. The summed E-state index contributed by atoms with van der Waals surface area (Å²) in [5.41, 5.74) is 10.7. The molecule has 2 N–H and O–H groups in total. The molecule has 0 fully saturated rings. The van der Waals surface area contributed by atoms with E-state index in [-0.39, 0.29) is 11.5 Å². The molecule has 0 aromatic carbocycles. The minimum atomic E-state index is 0.0344. The zero-order valence-electron chi connectivity index (χ0n) is 12.9. The molecule has 0 saturated heterocycles. The number of pyridine rings is 1. The third kappa shape index (κ3) is 2.68. The van der Waals surface area contributed by atoms with Gasteiger partial charge < -0.3 is 5.73 Å². The summed E-state index contributed by atoms with van der Waals surface area (Å²) in [6, 6.07) is 4.08. The van der Waals surface area contributed by atoms with Gasteiger partial charge in [0.1, 0.15) is 5.69 Å². The van der Waals surface area contributed by atoms with Crippen LogP contribution in [0.4, 0.5) is 0 Å². The van der Waals surface area contributed by atoms with E-state index in [2.05, 4.69) is 36.8 Å². The smallest absolute Gasteiger partial charge is 0.178 e. The van der Waals surface area contributed by atoms with E-state index >= 15 is 0 Å². The maximum absolute atomic E-state index is 6.27. The predicted molar refractivity (Wildman–Crippen MR) is 83.7 cm³/mol. The SMILES string of the molecule is CCc1cccnc1-c1ncc2c(n1)CC(C)(C)CC2N. The van der Waals surface area contributed by atoms with Crippen LogP contribution < -0.4 is 5.73 Å². The highest BCUT2D eigenvalue weighted by molar-refractivity contribution is 5.55. The lowest BCUT2D eigenvalue weighted by atomic mass is 9.74. The van der Waals surface area contributed by atoms with Gasteiger partial charge in [-0.15, -0.1) is 0 Å². The highest BCUT2D eigenvalue weighted by Crippen LogP contribution is 2.38. The molecule has 4 heteroatoms. The van der Waals surface area contributed by atoms with Crippen LogP contribution in [0.1, 0.15) is 50.1 Å². The van der Waals surface area contributed by atoms with Crippen molar-refractivity contribution in [3.63, 3.8) is 0 Å². The van der Waals surface area contributed by atoms with E-state index in [0.717, 1.165) is 42.0 Å². The zero-order valence-corrected chi connectivity index (χ0v) is 12.9. The van der Waals surface area contributed by atoms with E-state index in [4.69, 9.17) is 10.7 Å². The average molecular weight is 282 g/mol. The van der Waals surface area contributed by atoms with Gasteiger partial charge in [-0.3, -0.25) is 4.98 Å². The Morgan fingerprint density at radius 1 is 1.33 bits per heavy atom. The van der Waals surface area contributed by atoms with Crippen molar-refractivity contribution in [3.05, 3.63) is 41.3 Å². The molecule has 110 valence electrons. The molecule has 21 heavy (non-hydrogen) atoms. The van der Waals surface area contributed by atoms with E-state index in [1.54, 1.807) is 6.20 Å². The molecule has 0 amide bonds. The lowest BCUT2D eigenvalue weighted by Crippen LogP contribution is -2.30. The van der Waals surface area contributed by atoms with Crippen LogP contribution in [0.3, 0.4) is 0 Å². The molecule has 2 aromatic heterocycles. The van der Waals surface area contributed by atoms with Gasteiger partial charge in [-0.1, -0.05) is 26.8 Å². The van der Waals surface area contributed by atoms with Gasteiger partial charge in [0.15, 0.2) is 5.82 Å². The fourth-order valence-corrected chi connectivity index (χ4v) is 3.15. The maximum atomic E-state index is 6.27. The van der Waals surface area contributed by atoms with Gasteiger partial charge in [0, 0.05) is 29.7 Å². The molecule has 1 aliphatic rings. The summed E-state index contributed by atoms with van der Waals surface area (Å²) in [6.07, 6.45) is 6.54. The van der Waals surface area contributed by atoms with Crippen LogP contribution in [-0.4, -0.2) is 15.0 Å². The Bertz CT molecular complexity index is 664. The third-order valence-electron chi connectivity index (χ3n) is 4.20. The van der Waals surface area contributed by atoms with Crippen LogP contribution in [0.2, 0.25) is 0 Å². The highest BCUT2D eigenvalue weighted by Gasteiger charge is 2.32. The molecule has 0 bridgehead atoms. The van der Waals surface area contributed by atoms with Gasteiger partial charge in [0.2, 0.25) is 0 Å². The molecule has 0 aliphatic heterocycles. The number of aryl methyl sites for hydroxylation is 1. The van der Waals surface area contributed by atoms with Crippen LogP contribution in [0.25, 0.3) is 11.5 Å². The number of hydrogen-bond acceptors (Lipinski definition) is 4. The topological polar surface area (TPSA) is 64.7 Å². The van der Waals surface area contributed by atoms with Crippen molar-refractivity contribution >= 4 is 0 Å². The van der Waals surface area contributed by atoms with Crippen molar-refractivity contribution in [3.8, 4) is 11.5 Å². The average Bonchev–Trinajstić information content (AvgIpc) is 2.45. The summed E-state index contributed by atoms with van der Waals surface area (Å²) in [7, 11) is 0. The molecule has 1 unspecified atom stereocenters. The minimum absolute atomic E-state index is 0.0344. The predicted octanol–water partition coefficient (Wildman–Crippen LogP) is 3.07. The quantitative estimate of drug-likeness (QED) is 0.919. The number of nitrogens with two attached hydrogens (primary N) is 1. The van der Waals surface area contributed by atoms with Crippen molar-refractivity contribution in [1.82, 2.24) is 15.0 Å². The van der Waals surface area contributed by atoms with Gasteiger partial charge in [-0.25, -0.2) is 9.97 Å². The summed E-state index contributed by atoms with van der Waals surface area (Å²) < 4.78 is 0. The lowest BCUT2D eigenvalue weighted by molar-refractivity contribution is 0.278. The van der Waals surface area contributed by atoms with E-state index < -0.39 is 0 Å². The summed E-state index contributed by atoms with van der Waals surface area (Å²) in [5.74, 6) is 0.719. The van der Waals surface area contributed by atoms with Gasteiger partial charge in [0.25, 0.3) is 0 Å². The van der Waals surface area contributed by atoms with Crippen molar-refractivity contribution in [2.45, 2.75) is 46.1 Å². The molecular weight excluding hydrogens is 260 g/mol. The first kappa shape index (κ1) is 14.1. The Balaban J connectivity index is 2.07. The monoisotopic (exact) mass is 282 g/mol. The number of rotatable bonds is 2. The van der Waals surface area contributed by atoms with Gasteiger partial charge >= 0.3 is 0 Å². The summed E-state index contributed by atoms with van der Waals surface area (Å²) >= 11 is 0. The largest absolute Gasteiger partial charge is 0.324 e. The fourth-order valence-electron chi connectivity index (χ4n) is 3.15. The molecule has 1 atom stereocenters. The van der Waals surface area contributed by atoms with Crippen molar-refractivity contribution in [1.29, 1.82) is 0 Å². The molecule has 4 nitrogen and oxygen atoms in total. The van der Waals surface area contributed by atoms with Crippen LogP contribution in [-0.2, 0) is 12.8 Å². The van der Waals surface area contributed by atoms with E-state index in [1.807, 2.05) is 12.3 Å². The maximum Gasteiger partial charge on any atom is 0.178 e. The van der Waals surface area contributed by atoms with Crippen molar-refractivity contribution < 1.29 is 0 Å². The molecule has 0 spiro atoms. The van der Waals surface area contributed by atoms with Crippen LogP contribution in [0.5, 0.6) is 0 Å². The first-order chi connectivity index (χ1) is 10.00. The third-order valence-corrected chi connectivity index (χ3v) is 4.20. The molecule has 2 aromatic rings. The molecule has 2 heterocycles. The van der Waals surface area contributed by atoms with Gasteiger partial charge in [-0.05, 0) is 36.3 Å². The Morgan fingerprint density at radius 3 is 2.90 bits per heavy atom. The Labute approximate surface area is 125 Å². The van der Waals surface area contributed by atoms with Crippen molar-refractivity contribution in [2.24, 2.45) is 11.1 Å². The van der Waals surface area contributed by atoms with Crippen molar-refractivity contribution in [2.75, 3.05) is 0 Å². The van der Waals surface area contributed by atoms with Crippen LogP contribution >= 0.6 is 0 Å². The standard InChI is InChI=1S/C17H22N4/c1-4-11-6-5-7-19-15(11)16-20-10-12-13(18)8-17(2,3)9-14(12)21-16/h5-7,10,13H,4,8-9,18H2,1-3H3. The van der Waals surface area contributed by atoms with Crippen LogP contribution in [0, 0.1) is 5.41 Å². The first-order valence-corrected chi connectivity index (χ1v) is 7.56. The fraction of sp³-hybridized carbons (Fsp3) is 0.471.